The lowest BCUT2D eigenvalue weighted by Crippen LogP contribution is -2.30. The van der Waals surface area contributed by atoms with E-state index in [4.69, 9.17) is 5.73 Å². The Bertz CT molecular complexity index is 1040. The Labute approximate surface area is 166 Å². The van der Waals surface area contributed by atoms with Crippen molar-refractivity contribution < 1.29 is 10.2 Å². The Kier molecular flexibility index (Phi) is 5.54. The zero-order valence-corrected chi connectivity index (χ0v) is 16.1. The van der Waals surface area contributed by atoms with E-state index in [1.54, 1.807) is 11.3 Å². The molecule has 5 N–H and O–H groups in total. The second-order valence-corrected chi connectivity index (χ2v) is 7.79. The van der Waals surface area contributed by atoms with E-state index in [2.05, 4.69) is 33.6 Å². The van der Waals surface area contributed by atoms with Crippen molar-refractivity contribution in [1.82, 2.24) is 14.6 Å². The predicted octanol–water partition coefficient (Wildman–Crippen LogP) is 2.48. The Morgan fingerprint density at radius 2 is 1.93 bits per heavy atom. The zero-order chi connectivity index (χ0) is 19.5. The van der Waals surface area contributed by atoms with Gasteiger partial charge in [-0.2, -0.15) is 0 Å². The molecular weight excluding hydrogens is 374 g/mol. The number of imidazole rings is 1. The molecule has 0 saturated heterocycles. The number of nitrogens with zero attached hydrogens (tertiary/aromatic N) is 3. The third-order valence-corrected chi connectivity index (χ3v) is 5.83. The fraction of sp³-hybridized carbons (Fsp3) is 0.300. The fourth-order valence-corrected chi connectivity index (χ4v) is 4.21. The van der Waals surface area contributed by atoms with Crippen LogP contribution in [0, 0.1) is 0 Å². The van der Waals surface area contributed by atoms with E-state index in [1.807, 2.05) is 35.0 Å². The highest BCUT2D eigenvalue weighted by Gasteiger charge is 2.15. The second-order valence-electron chi connectivity index (χ2n) is 6.71. The predicted molar refractivity (Wildman–Crippen MR) is 113 cm³/mol. The van der Waals surface area contributed by atoms with Gasteiger partial charge in [-0.3, -0.25) is 0 Å². The second kappa shape index (κ2) is 8.24. The largest absolute Gasteiger partial charge is 0.390 e. The van der Waals surface area contributed by atoms with Crippen molar-refractivity contribution in [3.8, 4) is 10.6 Å². The average molecular weight is 398 g/mol. The van der Waals surface area contributed by atoms with Crippen LogP contribution in [0.5, 0.6) is 0 Å². The van der Waals surface area contributed by atoms with E-state index in [0.717, 1.165) is 16.2 Å². The van der Waals surface area contributed by atoms with Crippen molar-refractivity contribution >= 4 is 32.9 Å². The number of hydrogen-bond donors (Lipinski definition) is 4. The molecule has 146 valence electrons. The summed E-state index contributed by atoms with van der Waals surface area (Å²) in [5, 5.41) is 28.8. The summed E-state index contributed by atoms with van der Waals surface area (Å²) < 4.78 is 3.05. The van der Waals surface area contributed by atoms with Gasteiger partial charge in [0.1, 0.15) is 11.5 Å². The van der Waals surface area contributed by atoms with Crippen molar-refractivity contribution in [3.05, 3.63) is 48.7 Å². The maximum Gasteiger partial charge on any atom is 0.154 e. The van der Waals surface area contributed by atoms with E-state index < -0.39 is 12.2 Å². The summed E-state index contributed by atoms with van der Waals surface area (Å²) in [6, 6.07) is 14.2. The molecule has 0 amide bonds. The van der Waals surface area contributed by atoms with Gasteiger partial charge in [0.25, 0.3) is 0 Å². The average Bonchev–Trinajstić information content (AvgIpc) is 3.31. The van der Waals surface area contributed by atoms with Gasteiger partial charge in [0.15, 0.2) is 5.65 Å². The van der Waals surface area contributed by atoms with E-state index in [-0.39, 0.29) is 0 Å². The quantitative estimate of drug-likeness (QED) is 0.364. The Hall–Kier alpha value is -2.52. The maximum atomic E-state index is 9.95. The number of hydrogen-bond acceptors (Lipinski definition) is 7. The summed E-state index contributed by atoms with van der Waals surface area (Å²) in [5.41, 5.74) is 7.13. The first-order chi connectivity index (χ1) is 13.7. The topological polar surface area (TPSA) is 109 Å². The van der Waals surface area contributed by atoms with Gasteiger partial charge in [-0.25, -0.2) is 9.50 Å². The first kappa shape index (κ1) is 18.8. The summed E-state index contributed by atoms with van der Waals surface area (Å²) in [4.78, 5) is 5.56. The molecule has 0 aliphatic heterocycles. The minimum absolute atomic E-state index is 0.352. The highest BCUT2D eigenvalue weighted by molar-refractivity contribution is 7.22. The van der Waals surface area contributed by atoms with Crippen LogP contribution >= 0.6 is 11.3 Å². The molecular formula is C20H23N5O2S. The van der Waals surface area contributed by atoms with Crippen molar-refractivity contribution in [2.24, 2.45) is 5.73 Å². The number of nitrogens with two attached hydrogens (primary N) is 1. The third-order valence-electron chi connectivity index (χ3n) is 4.69. The molecule has 2 atom stereocenters. The zero-order valence-electron chi connectivity index (χ0n) is 15.3. The fourth-order valence-electron chi connectivity index (χ4n) is 3.15. The van der Waals surface area contributed by atoms with Gasteiger partial charge in [-0.05, 0) is 49.0 Å². The number of aliphatic hydroxyl groups excluding tert-OH is 2. The van der Waals surface area contributed by atoms with Crippen molar-refractivity contribution in [3.63, 3.8) is 0 Å². The first-order valence-corrected chi connectivity index (χ1v) is 10.1. The molecule has 0 saturated carbocycles. The van der Waals surface area contributed by atoms with Gasteiger partial charge in [-0.1, -0.05) is 18.2 Å². The summed E-state index contributed by atoms with van der Waals surface area (Å²) in [7, 11) is 0. The summed E-state index contributed by atoms with van der Waals surface area (Å²) in [6.07, 6.45) is 1.04. The molecule has 8 heteroatoms. The maximum absolute atomic E-state index is 9.95. The summed E-state index contributed by atoms with van der Waals surface area (Å²) in [6.45, 7) is 0.846. The number of rotatable bonds is 8. The van der Waals surface area contributed by atoms with Crippen LogP contribution in [-0.2, 0) is 0 Å². The SMILES string of the molecule is NCCC(O)C(O)CCNc1ccc2ncc(-c3cc4ccccc4s3)n2n1. The molecule has 2 unspecified atom stereocenters. The van der Waals surface area contributed by atoms with Crippen LogP contribution < -0.4 is 11.1 Å². The minimum Gasteiger partial charge on any atom is -0.390 e. The van der Waals surface area contributed by atoms with Crippen molar-refractivity contribution in [1.29, 1.82) is 0 Å². The summed E-state index contributed by atoms with van der Waals surface area (Å²) >= 11 is 1.71. The Morgan fingerprint density at radius 1 is 1.11 bits per heavy atom. The van der Waals surface area contributed by atoms with Crippen LogP contribution in [0.1, 0.15) is 12.8 Å². The number of nitrogens with one attached hydrogen (secondary N) is 1. The smallest absolute Gasteiger partial charge is 0.154 e. The molecule has 7 nitrogen and oxygen atoms in total. The molecule has 3 heterocycles. The molecule has 4 rings (SSSR count). The van der Waals surface area contributed by atoms with Crippen molar-refractivity contribution in [2.45, 2.75) is 25.0 Å². The number of benzene rings is 1. The molecule has 0 spiro atoms. The molecule has 0 aliphatic carbocycles. The standard InChI is InChI=1S/C20H23N5O2S/c21-9-7-15(26)16(27)8-10-22-19-5-6-20-23-12-14(25(20)24-19)18-11-13-3-1-2-4-17(13)28-18/h1-6,11-12,15-16,26-27H,7-10,21H2,(H,22,24). The highest BCUT2D eigenvalue weighted by atomic mass is 32.1. The van der Waals surface area contributed by atoms with Crippen LogP contribution in [0.3, 0.4) is 0 Å². The molecule has 1 aromatic carbocycles. The number of anilines is 1. The molecule has 0 aliphatic rings. The Balaban J connectivity index is 1.51. The van der Waals surface area contributed by atoms with Crippen LogP contribution in [0.4, 0.5) is 5.82 Å². The molecule has 3 aromatic heterocycles. The van der Waals surface area contributed by atoms with Crippen LogP contribution in [0.25, 0.3) is 26.3 Å². The van der Waals surface area contributed by atoms with E-state index in [0.29, 0.717) is 31.7 Å². The van der Waals surface area contributed by atoms with Crippen LogP contribution in [-0.4, -0.2) is 50.1 Å². The van der Waals surface area contributed by atoms with E-state index in [9.17, 15) is 10.2 Å². The van der Waals surface area contributed by atoms with Gasteiger partial charge in [0.2, 0.25) is 0 Å². The number of aliphatic hydroxyl groups is 2. The number of fused-ring (bicyclic) bond motifs is 2. The summed E-state index contributed by atoms with van der Waals surface area (Å²) in [5.74, 6) is 0.688. The number of thiophene rings is 1. The lowest BCUT2D eigenvalue weighted by atomic mass is 10.1. The third kappa shape index (κ3) is 3.85. The van der Waals surface area contributed by atoms with Crippen LogP contribution in [0.2, 0.25) is 0 Å². The molecule has 0 radical (unpaired) electrons. The van der Waals surface area contributed by atoms with Gasteiger partial charge in [0, 0.05) is 11.2 Å². The van der Waals surface area contributed by atoms with Gasteiger partial charge in [0.05, 0.1) is 23.3 Å². The molecule has 4 aromatic rings. The Morgan fingerprint density at radius 3 is 2.75 bits per heavy atom. The normalized spacial score (nSPS) is 13.8. The molecule has 0 bridgehead atoms. The lowest BCUT2D eigenvalue weighted by Gasteiger charge is -2.17. The van der Waals surface area contributed by atoms with Crippen molar-refractivity contribution in [2.75, 3.05) is 18.4 Å². The van der Waals surface area contributed by atoms with Gasteiger partial charge in [-0.15, -0.1) is 16.4 Å². The first-order valence-electron chi connectivity index (χ1n) is 9.29. The molecule has 0 fully saturated rings. The number of aromatic nitrogens is 3. The molecule has 28 heavy (non-hydrogen) atoms. The van der Waals surface area contributed by atoms with Gasteiger partial charge >= 0.3 is 0 Å². The van der Waals surface area contributed by atoms with E-state index in [1.165, 1.54) is 10.1 Å². The minimum atomic E-state index is -0.804. The monoisotopic (exact) mass is 397 g/mol. The van der Waals surface area contributed by atoms with E-state index >= 15 is 0 Å². The lowest BCUT2D eigenvalue weighted by molar-refractivity contribution is 0.0135. The highest BCUT2D eigenvalue weighted by Crippen LogP contribution is 2.33. The van der Waals surface area contributed by atoms with Crippen LogP contribution in [0.15, 0.2) is 48.7 Å². The van der Waals surface area contributed by atoms with Gasteiger partial charge < -0.3 is 21.3 Å².